The van der Waals surface area contributed by atoms with Crippen LogP contribution in [-0.4, -0.2) is 11.4 Å². The van der Waals surface area contributed by atoms with E-state index in [2.05, 4.69) is 26.1 Å². The minimum Gasteiger partial charge on any atom is -0.377 e. The molecule has 0 amide bonds. The van der Waals surface area contributed by atoms with Crippen LogP contribution in [0.3, 0.4) is 0 Å². The Labute approximate surface area is 135 Å². The molecule has 0 saturated carbocycles. The SMILES string of the molecule is NC(=NN=Cc1cccc(F)c1Br)SCc1ccccc1. The molecule has 6 heteroatoms. The highest BCUT2D eigenvalue weighted by molar-refractivity contribution is 9.10. The molecule has 3 nitrogen and oxygen atoms in total. The molecule has 0 radical (unpaired) electrons. The Morgan fingerprint density at radius 2 is 1.95 bits per heavy atom. The van der Waals surface area contributed by atoms with Crippen LogP contribution in [0.5, 0.6) is 0 Å². The van der Waals surface area contributed by atoms with Crippen LogP contribution in [0, 0.1) is 5.82 Å². The van der Waals surface area contributed by atoms with Gasteiger partial charge in [-0.3, -0.25) is 0 Å². The fourth-order valence-electron chi connectivity index (χ4n) is 1.53. The summed E-state index contributed by atoms with van der Waals surface area (Å²) < 4.78 is 13.7. The van der Waals surface area contributed by atoms with Crippen molar-refractivity contribution in [1.29, 1.82) is 0 Å². The van der Waals surface area contributed by atoms with E-state index in [1.807, 2.05) is 30.3 Å². The highest BCUT2D eigenvalue weighted by Gasteiger charge is 2.02. The molecule has 0 bridgehead atoms. The molecule has 0 saturated heterocycles. The summed E-state index contributed by atoms with van der Waals surface area (Å²) in [6, 6.07) is 14.7. The third-order valence-corrected chi connectivity index (χ3v) is 4.26. The average Bonchev–Trinajstić information content (AvgIpc) is 2.50. The first-order valence-electron chi connectivity index (χ1n) is 6.14. The normalized spacial score (nSPS) is 12.0. The van der Waals surface area contributed by atoms with Crippen molar-refractivity contribution in [2.24, 2.45) is 15.9 Å². The van der Waals surface area contributed by atoms with Crippen LogP contribution in [0.25, 0.3) is 0 Å². The van der Waals surface area contributed by atoms with Gasteiger partial charge < -0.3 is 5.73 Å². The lowest BCUT2D eigenvalue weighted by atomic mass is 10.2. The van der Waals surface area contributed by atoms with Gasteiger partial charge in [-0.1, -0.05) is 54.2 Å². The summed E-state index contributed by atoms with van der Waals surface area (Å²) in [5, 5.41) is 8.13. The second-order valence-electron chi connectivity index (χ2n) is 4.10. The summed E-state index contributed by atoms with van der Waals surface area (Å²) in [6.45, 7) is 0. The first kappa shape index (κ1) is 15.7. The van der Waals surface area contributed by atoms with E-state index in [-0.39, 0.29) is 5.82 Å². The summed E-state index contributed by atoms with van der Waals surface area (Å²) in [7, 11) is 0. The Bertz CT molecular complexity index is 659. The van der Waals surface area contributed by atoms with Crippen molar-refractivity contribution in [3.05, 3.63) is 69.9 Å². The summed E-state index contributed by atoms with van der Waals surface area (Å²) >= 11 is 4.56. The summed E-state index contributed by atoms with van der Waals surface area (Å²) in [6.07, 6.45) is 1.46. The molecule has 0 aliphatic heterocycles. The minimum absolute atomic E-state index is 0.339. The number of benzene rings is 2. The molecule has 0 atom stereocenters. The maximum atomic E-state index is 13.3. The molecule has 2 aromatic rings. The third kappa shape index (κ3) is 4.99. The molecule has 2 rings (SSSR count). The van der Waals surface area contributed by atoms with Gasteiger partial charge in [0, 0.05) is 11.3 Å². The Morgan fingerprint density at radius 3 is 2.71 bits per heavy atom. The van der Waals surface area contributed by atoms with E-state index in [1.165, 1.54) is 24.0 Å². The molecule has 0 aliphatic rings. The lowest BCUT2D eigenvalue weighted by molar-refractivity contribution is 0.621. The Kier molecular flexibility index (Phi) is 5.95. The van der Waals surface area contributed by atoms with Gasteiger partial charge >= 0.3 is 0 Å². The number of thioether (sulfide) groups is 1. The van der Waals surface area contributed by atoms with Gasteiger partial charge in [0.05, 0.1) is 10.7 Å². The molecule has 0 aromatic heterocycles. The first-order valence-corrected chi connectivity index (χ1v) is 7.92. The van der Waals surface area contributed by atoms with Crippen molar-refractivity contribution in [1.82, 2.24) is 0 Å². The number of hydrogen-bond donors (Lipinski definition) is 1. The molecular formula is C15H13BrFN3S. The van der Waals surface area contributed by atoms with Crippen molar-refractivity contribution in [2.75, 3.05) is 0 Å². The molecule has 0 fully saturated rings. The summed E-state index contributed by atoms with van der Waals surface area (Å²) in [5.41, 5.74) is 7.54. The van der Waals surface area contributed by atoms with Gasteiger partial charge in [-0.05, 0) is 27.6 Å². The van der Waals surface area contributed by atoms with Crippen LogP contribution in [0.15, 0.2) is 63.2 Å². The predicted octanol–water partition coefficient (Wildman–Crippen LogP) is 4.17. The van der Waals surface area contributed by atoms with E-state index in [1.54, 1.807) is 12.1 Å². The smallest absolute Gasteiger partial charge is 0.180 e. The molecule has 0 unspecified atom stereocenters. The molecular weight excluding hydrogens is 353 g/mol. The topological polar surface area (TPSA) is 50.7 Å². The van der Waals surface area contributed by atoms with Crippen molar-refractivity contribution in [3.63, 3.8) is 0 Å². The van der Waals surface area contributed by atoms with Gasteiger partial charge in [0.25, 0.3) is 0 Å². The Hall–Kier alpha value is -1.66. The lowest BCUT2D eigenvalue weighted by Gasteiger charge is -1.99. The molecule has 2 aromatic carbocycles. The van der Waals surface area contributed by atoms with Gasteiger partial charge in [0.2, 0.25) is 0 Å². The van der Waals surface area contributed by atoms with E-state index in [9.17, 15) is 4.39 Å². The van der Waals surface area contributed by atoms with Gasteiger partial charge in [-0.25, -0.2) is 4.39 Å². The zero-order valence-corrected chi connectivity index (χ0v) is 13.4. The molecule has 0 aliphatic carbocycles. The van der Waals surface area contributed by atoms with Crippen molar-refractivity contribution >= 4 is 39.1 Å². The largest absolute Gasteiger partial charge is 0.377 e. The number of hydrogen-bond acceptors (Lipinski definition) is 3. The predicted molar refractivity (Wildman–Crippen MR) is 91.1 cm³/mol. The second-order valence-corrected chi connectivity index (χ2v) is 5.89. The molecule has 0 spiro atoms. The summed E-state index contributed by atoms with van der Waals surface area (Å²) in [5.74, 6) is 0.393. The number of nitrogens with zero attached hydrogens (tertiary/aromatic N) is 2. The fraction of sp³-hybridized carbons (Fsp3) is 0.0667. The number of halogens is 2. The van der Waals surface area contributed by atoms with Crippen molar-refractivity contribution in [2.45, 2.75) is 5.75 Å². The Balaban J connectivity index is 1.94. The number of amidine groups is 1. The van der Waals surface area contributed by atoms with Crippen LogP contribution in [0.1, 0.15) is 11.1 Å². The quantitative estimate of drug-likeness (QED) is 0.502. The lowest BCUT2D eigenvalue weighted by Crippen LogP contribution is -2.06. The van der Waals surface area contributed by atoms with Crippen LogP contribution in [-0.2, 0) is 5.75 Å². The number of rotatable bonds is 4. The summed E-state index contributed by atoms with van der Waals surface area (Å²) in [4.78, 5) is 0. The minimum atomic E-state index is -0.339. The zero-order chi connectivity index (χ0) is 15.1. The van der Waals surface area contributed by atoms with Crippen LogP contribution in [0.2, 0.25) is 0 Å². The van der Waals surface area contributed by atoms with Gasteiger partial charge in [-0.15, -0.1) is 5.10 Å². The molecule has 2 N–H and O–H groups in total. The van der Waals surface area contributed by atoms with Crippen molar-refractivity contribution < 1.29 is 4.39 Å². The first-order chi connectivity index (χ1) is 10.2. The molecule has 0 heterocycles. The van der Waals surface area contributed by atoms with Crippen LogP contribution >= 0.6 is 27.7 Å². The van der Waals surface area contributed by atoms with E-state index in [0.29, 0.717) is 15.2 Å². The third-order valence-electron chi connectivity index (χ3n) is 2.56. The second kappa shape index (κ2) is 7.95. The average molecular weight is 366 g/mol. The fourth-order valence-corrected chi connectivity index (χ4v) is 2.51. The van der Waals surface area contributed by atoms with Gasteiger partial charge in [-0.2, -0.15) is 5.10 Å². The van der Waals surface area contributed by atoms with Crippen molar-refractivity contribution in [3.8, 4) is 0 Å². The zero-order valence-electron chi connectivity index (χ0n) is 11.0. The highest BCUT2D eigenvalue weighted by Crippen LogP contribution is 2.18. The highest BCUT2D eigenvalue weighted by atomic mass is 79.9. The van der Waals surface area contributed by atoms with E-state index < -0.39 is 0 Å². The van der Waals surface area contributed by atoms with E-state index in [4.69, 9.17) is 5.73 Å². The maximum absolute atomic E-state index is 13.3. The van der Waals surface area contributed by atoms with E-state index >= 15 is 0 Å². The van der Waals surface area contributed by atoms with Gasteiger partial charge in [0.1, 0.15) is 5.82 Å². The molecule has 21 heavy (non-hydrogen) atoms. The standard InChI is InChI=1S/C15H13BrFN3S/c16-14-12(7-4-8-13(14)17)9-19-20-15(18)21-10-11-5-2-1-3-6-11/h1-9H,10H2,(H2,18,20). The van der Waals surface area contributed by atoms with Gasteiger partial charge in [0.15, 0.2) is 5.17 Å². The van der Waals surface area contributed by atoms with Crippen LogP contribution < -0.4 is 5.73 Å². The number of nitrogens with two attached hydrogens (primary N) is 1. The molecule has 108 valence electrons. The monoisotopic (exact) mass is 365 g/mol. The maximum Gasteiger partial charge on any atom is 0.180 e. The van der Waals surface area contributed by atoms with Crippen LogP contribution in [0.4, 0.5) is 4.39 Å². The van der Waals surface area contributed by atoms with E-state index in [0.717, 1.165) is 11.3 Å². The Morgan fingerprint density at radius 1 is 1.19 bits per heavy atom.